The first-order valence-corrected chi connectivity index (χ1v) is 7.25. The summed E-state index contributed by atoms with van der Waals surface area (Å²) in [4.78, 5) is 11.9. The Hall–Kier alpha value is -0.440. The van der Waals surface area contributed by atoms with Crippen LogP contribution in [0.15, 0.2) is 18.2 Å². The number of carbonyl (C=O) groups excluding carboxylic acids is 1. The van der Waals surface area contributed by atoms with Crippen LogP contribution in [0.2, 0.25) is 10.0 Å². The predicted molar refractivity (Wildman–Crippen MR) is 82.5 cm³/mol. The normalized spacial score (nSPS) is 13.2. The van der Waals surface area contributed by atoms with E-state index in [0.717, 1.165) is 6.42 Å². The summed E-state index contributed by atoms with van der Waals surface area (Å²) in [6.07, 6.45) is 0.830. The van der Waals surface area contributed by atoms with Crippen molar-refractivity contribution in [2.75, 3.05) is 6.54 Å². The highest BCUT2D eigenvalue weighted by molar-refractivity contribution is 6.42. The number of alkyl halides is 1. The first-order chi connectivity index (χ1) is 8.69. The standard InChI is InChI=1S/C14H18Cl3NO/c1-14(2,3)7-10(15)8-18-13(19)9-4-5-11(16)12(17)6-9/h4-6,10H,7-8H2,1-3H3,(H,18,19). The highest BCUT2D eigenvalue weighted by Gasteiger charge is 2.17. The molecular formula is C14H18Cl3NO. The minimum absolute atomic E-state index is 0.0910. The van der Waals surface area contributed by atoms with Crippen molar-refractivity contribution >= 4 is 40.7 Å². The van der Waals surface area contributed by atoms with Crippen LogP contribution in [0.4, 0.5) is 0 Å². The second kappa shape index (κ2) is 6.83. The summed E-state index contributed by atoms with van der Waals surface area (Å²) >= 11 is 17.9. The van der Waals surface area contributed by atoms with Crippen LogP contribution >= 0.6 is 34.8 Å². The monoisotopic (exact) mass is 321 g/mol. The largest absolute Gasteiger partial charge is 0.351 e. The molecule has 1 aromatic rings. The smallest absolute Gasteiger partial charge is 0.251 e. The number of amides is 1. The maximum Gasteiger partial charge on any atom is 0.251 e. The molecule has 0 spiro atoms. The number of carbonyl (C=O) groups is 1. The second-order valence-electron chi connectivity index (χ2n) is 5.70. The molecule has 1 N–H and O–H groups in total. The van der Waals surface area contributed by atoms with Crippen LogP contribution in [-0.4, -0.2) is 17.8 Å². The fourth-order valence-electron chi connectivity index (χ4n) is 1.68. The first-order valence-electron chi connectivity index (χ1n) is 6.06. The molecule has 0 aliphatic carbocycles. The van der Waals surface area contributed by atoms with Crippen LogP contribution in [0.25, 0.3) is 0 Å². The quantitative estimate of drug-likeness (QED) is 0.795. The molecule has 2 nitrogen and oxygen atoms in total. The van der Waals surface area contributed by atoms with Crippen LogP contribution in [0.1, 0.15) is 37.6 Å². The average Bonchev–Trinajstić information content (AvgIpc) is 2.27. The molecule has 1 amide bonds. The Balaban J connectivity index is 2.53. The fraction of sp³-hybridized carbons (Fsp3) is 0.500. The Labute approximate surface area is 129 Å². The number of halogens is 3. The number of benzene rings is 1. The highest BCUT2D eigenvalue weighted by atomic mass is 35.5. The van der Waals surface area contributed by atoms with Gasteiger partial charge in [-0.2, -0.15) is 0 Å². The lowest BCUT2D eigenvalue weighted by atomic mass is 9.90. The average molecular weight is 323 g/mol. The van der Waals surface area contributed by atoms with Crippen molar-refractivity contribution in [3.05, 3.63) is 33.8 Å². The van der Waals surface area contributed by atoms with E-state index >= 15 is 0 Å². The Bertz CT molecular complexity index is 454. The molecule has 0 saturated carbocycles. The van der Waals surface area contributed by atoms with E-state index < -0.39 is 0 Å². The molecule has 0 saturated heterocycles. The molecular weight excluding hydrogens is 305 g/mol. The SMILES string of the molecule is CC(C)(C)CC(Cl)CNC(=O)c1ccc(Cl)c(Cl)c1. The van der Waals surface area contributed by atoms with Gasteiger partial charge in [0.05, 0.1) is 15.4 Å². The van der Waals surface area contributed by atoms with Gasteiger partial charge in [-0.25, -0.2) is 0 Å². The Morgan fingerprint density at radius 3 is 2.42 bits per heavy atom. The summed E-state index contributed by atoms with van der Waals surface area (Å²) in [6, 6.07) is 4.79. The first kappa shape index (κ1) is 16.6. The van der Waals surface area contributed by atoms with Gasteiger partial charge in [0.2, 0.25) is 0 Å². The lowest BCUT2D eigenvalue weighted by Crippen LogP contribution is -2.31. The van der Waals surface area contributed by atoms with Crippen LogP contribution in [0.3, 0.4) is 0 Å². The number of hydrogen-bond acceptors (Lipinski definition) is 1. The van der Waals surface area contributed by atoms with Gasteiger partial charge in [0.1, 0.15) is 0 Å². The summed E-state index contributed by atoms with van der Waals surface area (Å²) in [5.41, 5.74) is 0.620. The van der Waals surface area contributed by atoms with Gasteiger partial charge in [-0.05, 0) is 30.0 Å². The molecule has 0 radical (unpaired) electrons. The zero-order valence-electron chi connectivity index (χ0n) is 11.3. The van der Waals surface area contributed by atoms with Crippen molar-refractivity contribution in [1.82, 2.24) is 5.32 Å². The summed E-state index contributed by atoms with van der Waals surface area (Å²) in [7, 11) is 0. The van der Waals surface area contributed by atoms with E-state index in [9.17, 15) is 4.79 Å². The third-order valence-corrected chi connectivity index (χ3v) is 3.55. The van der Waals surface area contributed by atoms with Gasteiger partial charge in [-0.1, -0.05) is 44.0 Å². The molecule has 0 aliphatic heterocycles. The van der Waals surface area contributed by atoms with Crippen LogP contribution < -0.4 is 5.32 Å². The molecule has 1 aromatic carbocycles. The molecule has 0 aromatic heterocycles. The molecule has 1 atom stereocenters. The minimum Gasteiger partial charge on any atom is -0.351 e. The molecule has 19 heavy (non-hydrogen) atoms. The fourth-order valence-corrected chi connectivity index (χ4v) is 2.52. The van der Waals surface area contributed by atoms with Crippen LogP contribution in [0, 0.1) is 5.41 Å². The molecule has 5 heteroatoms. The van der Waals surface area contributed by atoms with E-state index in [-0.39, 0.29) is 16.7 Å². The zero-order valence-corrected chi connectivity index (χ0v) is 13.5. The van der Waals surface area contributed by atoms with Crippen LogP contribution in [-0.2, 0) is 0 Å². The summed E-state index contributed by atoms with van der Waals surface area (Å²) in [6.45, 7) is 6.77. The predicted octanol–water partition coefficient (Wildman–Crippen LogP) is 4.77. The molecule has 1 unspecified atom stereocenters. The highest BCUT2D eigenvalue weighted by Crippen LogP contribution is 2.24. The van der Waals surface area contributed by atoms with Gasteiger partial charge in [-0.15, -0.1) is 11.6 Å². The Kier molecular flexibility index (Phi) is 5.97. The Morgan fingerprint density at radius 1 is 1.26 bits per heavy atom. The molecule has 0 fully saturated rings. The van der Waals surface area contributed by atoms with E-state index in [4.69, 9.17) is 34.8 Å². The molecule has 106 valence electrons. The third kappa shape index (κ3) is 6.03. The third-order valence-electron chi connectivity index (χ3n) is 2.50. The molecule has 0 heterocycles. The van der Waals surface area contributed by atoms with Gasteiger partial charge in [0, 0.05) is 12.1 Å². The van der Waals surface area contributed by atoms with Crippen molar-refractivity contribution in [3.8, 4) is 0 Å². The van der Waals surface area contributed by atoms with Gasteiger partial charge in [0.15, 0.2) is 0 Å². The van der Waals surface area contributed by atoms with Gasteiger partial charge in [0.25, 0.3) is 5.91 Å². The lowest BCUT2D eigenvalue weighted by Gasteiger charge is -2.22. The Morgan fingerprint density at radius 2 is 1.89 bits per heavy atom. The van der Waals surface area contributed by atoms with Gasteiger partial charge >= 0.3 is 0 Å². The molecule has 0 aliphatic rings. The van der Waals surface area contributed by atoms with E-state index in [2.05, 4.69) is 26.1 Å². The topological polar surface area (TPSA) is 29.1 Å². The van der Waals surface area contributed by atoms with Crippen LogP contribution in [0.5, 0.6) is 0 Å². The van der Waals surface area contributed by atoms with Crippen molar-refractivity contribution in [1.29, 1.82) is 0 Å². The molecule has 0 bridgehead atoms. The number of hydrogen-bond donors (Lipinski definition) is 1. The number of nitrogens with one attached hydrogen (secondary N) is 1. The van der Waals surface area contributed by atoms with E-state index in [1.807, 2.05) is 0 Å². The second-order valence-corrected chi connectivity index (χ2v) is 7.13. The minimum atomic E-state index is -0.196. The van der Waals surface area contributed by atoms with Crippen molar-refractivity contribution in [3.63, 3.8) is 0 Å². The summed E-state index contributed by atoms with van der Waals surface area (Å²) in [5.74, 6) is -0.196. The van der Waals surface area contributed by atoms with Gasteiger partial charge < -0.3 is 5.32 Å². The van der Waals surface area contributed by atoms with E-state index in [1.54, 1.807) is 18.2 Å². The van der Waals surface area contributed by atoms with Crippen molar-refractivity contribution in [2.24, 2.45) is 5.41 Å². The zero-order chi connectivity index (χ0) is 14.6. The summed E-state index contributed by atoms with van der Waals surface area (Å²) in [5, 5.41) is 3.50. The van der Waals surface area contributed by atoms with E-state index in [0.29, 0.717) is 22.2 Å². The molecule has 1 rings (SSSR count). The van der Waals surface area contributed by atoms with Crippen molar-refractivity contribution in [2.45, 2.75) is 32.6 Å². The maximum atomic E-state index is 11.9. The van der Waals surface area contributed by atoms with Crippen molar-refractivity contribution < 1.29 is 4.79 Å². The maximum absolute atomic E-state index is 11.9. The number of rotatable bonds is 4. The van der Waals surface area contributed by atoms with Gasteiger partial charge in [-0.3, -0.25) is 4.79 Å². The van der Waals surface area contributed by atoms with E-state index in [1.165, 1.54) is 0 Å². The lowest BCUT2D eigenvalue weighted by molar-refractivity contribution is 0.0952. The summed E-state index contributed by atoms with van der Waals surface area (Å²) < 4.78 is 0.